The molecule has 0 aromatic heterocycles. The Labute approximate surface area is 129 Å². The molecule has 1 aromatic rings. The van der Waals surface area contributed by atoms with Crippen molar-refractivity contribution in [2.75, 3.05) is 20.7 Å². The van der Waals surface area contributed by atoms with E-state index < -0.39 is 0 Å². The molecular formula is C18H30N2O. The zero-order chi connectivity index (χ0) is 15.4. The molecule has 1 N–H and O–H groups in total. The van der Waals surface area contributed by atoms with E-state index in [0.29, 0.717) is 18.1 Å². The quantitative estimate of drug-likeness (QED) is 0.868. The van der Waals surface area contributed by atoms with Gasteiger partial charge in [0, 0.05) is 18.1 Å². The van der Waals surface area contributed by atoms with Crippen LogP contribution < -0.4 is 10.1 Å². The number of hydrogen-bond acceptors (Lipinski definition) is 3. The van der Waals surface area contributed by atoms with Crippen LogP contribution in [0.15, 0.2) is 24.3 Å². The van der Waals surface area contributed by atoms with Crippen LogP contribution in [0.2, 0.25) is 0 Å². The van der Waals surface area contributed by atoms with Gasteiger partial charge in [0.15, 0.2) is 0 Å². The van der Waals surface area contributed by atoms with Crippen LogP contribution in [0, 0.1) is 5.92 Å². The molecule has 0 spiro atoms. The first-order valence-corrected chi connectivity index (χ1v) is 8.15. The number of rotatable bonds is 6. The van der Waals surface area contributed by atoms with Crippen molar-refractivity contribution < 1.29 is 4.74 Å². The van der Waals surface area contributed by atoms with Gasteiger partial charge in [0.2, 0.25) is 0 Å². The molecule has 1 fully saturated rings. The molecule has 118 valence electrons. The van der Waals surface area contributed by atoms with Gasteiger partial charge in [0.25, 0.3) is 0 Å². The molecule has 3 nitrogen and oxygen atoms in total. The Bertz CT molecular complexity index is 429. The van der Waals surface area contributed by atoms with Gasteiger partial charge in [-0.1, -0.05) is 26.0 Å². The van der Waals surface area contributed by atoms with Gasteiger partial charge in [-0.3, -0.25) is 4.90 Å². The second-order valence-electron chi connectivity index (χ2n) is 6.47. The van der Waals surface area contributed by atoms with Gasteiger partial charge < -0.3 is 10.1 Å². The zero-order valence-electron chi connectivity index (χ0n) is 14.1. The third-order valence-electron chi connectivity index (χ3n) is 4.90. The van der Waals surface area contributed by atoms with Crippen LogP contribution in [0.1, 0.15) is 45.2 Å². The molecule has 2 rings (SSSR count). The van der Waals surface area contributed by atoms with Crippen molar-refractivity contribution in [3.05, 3.63) is 29.8 Å². The van der Waals surface area contributed by atoms with Crippen molar-refractivity contribution in [2.45, 2.75) is 51.7 Å². The zero-order valence-corrected chi connectivity index (χ0v) is 14.1. The van der Waals surface area contributed by atoms with Crippen molar-refractivity contribution in [3.8, 4) is 5.75 Å². The Morgan fingerprint density at radius 2 is 1.86 bits per heavy atom. The Balaban J connectivity index is 2.15. The van der Waals surface area contributed by atoms with Gasteiger partial charge in [-0.25, -0.2) is 0 Å². The largest absolute Gasteiger partial charge is 0.497 e. The van der Waals surface area contributed by atoms with E-state index in [1.807, 2.05) is 0 Å². The minimum absolute atomic E-state index is 0.357. The number of ether oxygens (including phenoxy) is 1. The van der Waals surface area contributed by atoms with Crippen LogP contribution in [0.4, 0.5) is 0 Å². The van der Waals surface area contributed by atoms with E-state index >= 15 is 0 Å². The minimum Gasteiger partial charge on any atom is -0.497 e. The third kappa shape index (κ3) is 3.58. The van der Waals surface area contributed by atoms with Gasteiger partial charge in [-0.15, -0.1) is 0 Å². The minimum atomic E-state index is 0.357. The van der Waals surface area contributed by atoms with Crippen molar-refractivity contribution >= 4 is 0 Å². The lowest BCUT2D eigenvalue weighted by Gasteiger charge is -2.37. The molecule has 3 heteroatoms. The van der Waals surface area contributed by atoms with Gasteiger partial charge in [-0.05, 0) is 57.0 Å². The monoisotopic (exact) mass is 290 g/mol. The lowest BCUT2D eigenvalue weighted by molar-refractivity contribution is 0.129. The molecule has 1 aliphatic heterocycles. The van der Waals surface area contributed by atoms with Gasteiger partial charge in [-0.2, -0.15) is 0 Å². The van der Waals surface area contributed by atoms with Crippen LogP contribution in [-0.4, -0.2) is 37.7 Å². The lowest BCUT2D eigenvalue weighted by Crippen LogP contribution is -2.46. The Morgan fingerprint density at radius 1 is 1.19 bits per heavy atom. The summed E-state index contributed by atoms with van der Waals surface area (Å²) in [6, 6.07) is 10.0. The lowest BCUT2D eigenvalue weighted by atomic mass is 9.95. The standard InChI is InChI=1S/C18H30N2O/c1-13(2)17-7-6-12-20(17)14(3)18(19-4)15-8-10-16(21-5)11-9-15/h8-11,13-14,17-19H,6-7,12H2,1-5H3. The van der Waals surface area contributed by atoms with Crippen LogP contribution in [0.5, 0.6) is 5.75 Å². The van der Waals surface area contributed by atoms with Gasteiger partial charge in [0.1, 0.15) is 5.75 Å². The number of nitrogens with zero attached hydrogens (tertiary/aromatic N) is 1. The second-order valence-corrected chi connectivity index (χ2v) is 6.47. The normalized spacial score (nSPS) is 22.5. The summed E-state index contributed by atoms with van der Waals surface area (Å²) in [6.45, 7) is 8.26. The van der Waals surface area contributed by atoms with Crippen LogP contribution in [0.25, 0.3) is 0 Å². The molecule has 0 amide bonds. The average Bonchev–Trinajstić information content (AvgIpc) is 2.98. The molecule has 21 heavy (non-hydrogen) atoms. The third-order valence-corrected chi connectivity index (χ3v) is 4.90. The summed E-state index contributed by atoms with van der Waals surface area (Å²) in [5.41, 5.74) is 1.33. The first-order valence-electron chi connectivity index (χ1n) is 8.15. The maximum absolute atomic E-state index is 5.26. The van der Waals surface area contributed by atoms with E-state index in [2.05, 4.69) is 62.3 Å². The highest BCUT2D eigenvalue weighted by atomic mass is 16.5. The van der Waals surface area contributed by atoms with Crippen LogP contribution in [-0.2, 0) is 0 Å². The molecule has 3 atom stereocenters. The topological polar surface area (TPSA) is 24.5 Å². The fourth-order valence-electron chi connectivity index (χ4n) is 3.73. The predicted molar refractivity (Wildman–Crippen MR) is 88.8 cm³/mol. The van der Waals surface area contributed by atoms with Crippen molar-refractivity contribution in [1.29, 1.82) is 0 Å². The van der Waals surface area contributed by atoms with Gasteiger partial charge >= 0.3 is 0 Å². The molecule has 3 unspecified atom stereocenters. The highest BCUT2D eigenvalue weighted by Gasteiger charge is 2.34. The first kappa shape index (κ1) is 16.3. The van der Waals surface area contributed by atoms with Gasteiger partial charge in [0.05, 0.1) is 7.11 Å². The number of likely N-dealkylation sites (tertiary alicyclic amines) is 1. The SMILES string of the molecule is CNC(c1ccc(OC)cc1)C(C)N1CCCC1C(C)C. The maximum atomic E-state index is 5.26. The Morgan fingerprint density at radius 3 is 2.38 bits per heavy atom. The van der Waals surface area contributed by atoms with E-state index in [1.54, 1.807) is 7.11 Å². The van der Waals surface area contributed by atoms with E-state index in [-0.39, 0.29) is 0 Å². The summed E-state index contributed by atoms with van der Waals surface area (Å²) in [4.78, 5) is 2.69. The Kier molecular flexibility index (Phi) is 5.65. The number of likely N-dealkylation sites (N-methyl/N-ethyl adjacent to an activating group) is 1. The highest BCUT2D eigenvalue weighted by Crippen LogP contribution is 2.31. The number of methoxy groups -OCH3 is 1. The number of hydrogen-bond donors (Lipinski definition) is 1. The molecule has 0 aliphatic carbocycles. The molecule has 0 bridgehead atoms. The van der Waals surface area contributed by atoms with E-state index in [1.165, 1.54) is 24.9 Å². The predicted octanol–water partition coefficient (Wildman–Crippen LogP) is 3.46. The molecule has 1 aliphatic rings. The fourth-order valence-corrected chi connectivity index (χ4v) is 3.73. The molecule has 1 saturated heterocycles. The first-order chi connectivity index (χ1) is 10.1. The molecular weight excluding hydrogens is 260 g/mol. The maximum Gasteiger partial charge on any atom is 0.118 e. The number of benzene rings is 1. The summed E-state index contributed by atoms with van der Waals surface area (Å²) in [5, 5.41) is 3.51. The average molecular weight is 290 g/mol. The van der Waals surface area contributed by atoms with Crippen LogP contribution >= 0.6 is 0 Å². The smallest absolute Gasteiger partial charge is 0.118 e. The molecule has 1 heterocycles. The highest BCUT2D eigenvalue weighted by molar-refractivity contribution is 5.30. The van der Waals surface area contributed by atoms with E-state index in [9.17, 15) is 0 Å². The van der Waals surface area contributed by atoms with Crippen LogP contribution in [0.3, 0.4) is 0 Å². The number of nitrogens with one attached hydrogen (secondary N) is 1. The molecule has 0 saturated carbocycles. The van der Waals surface area contributed by atoms with Crippen molar-refractivity contribution in [1.82, 2.24) is 10.2 Å². The summed E-state index contributed by atoms with van der Waals surface area (Å²) in [7, 11) is 3.77. The van der Waals surface area contributed by atoms with E-state index in [4.69, 9.17) is 4.74 Å². The molecule has 0 radical (unpaired) electrons. The summed E-state index contributed by atoms with van der Waals surface area (Å²) < 4.78 is 5.26. The fraction of sp³-hybridized carbons (Fsp3) is 0.667. The van der Waals surface area contributed by atoms with Crippen molar-refractivity contribution in [3.63, 3.8) is 0 Å². The summed E-state index contributed by atoms with van der Waals surface area (Å²) in [6.07, 6.45) is 2.66. The summed E-state index contributed by atoms with van der Waals surface area (Å²) in [5.74, 6) is 1.64. The Hall–Kier alpha value is -1.06. The second kappa shape index (κ2) is 7.28. The van der Waals surface area contributed by atoms with E-state index in [0.717, 1.165) is 11.7 Å². The molecule has 1 aromatic carbocycles. The summed E-state index contributed by atoms with van der Waals surface area (Å²) >= 11 is 0. The van der Waals surface area contributed by atoms with Crippen molar-refractivity contribution in [2.24, 2.45) is 5.92 Å².